The van der Waals surface area contributed by atoms with Gasteiger partial charge in [-0.2, -0.15) is 0 Å². The van der Waals surface area contributed by atoms with Gasteiger partial charge in [0.05, 0.1) is 11.4 Å². The first-order valence-corrected chi connectivity index (χ1v) is 10.1. The maximum absolute atomic E-state index is 12.3. The molecule has 0 aliphatic heterocycles. The van der Waals surface area contributed by atoms with Crippen molar-refractivity contribution in [2.75, 3.05) is 6.54 Å². The van der Waals surface area contributed by atoms with Gasteiger partial charge in [-0.15, -0.1) is 0 Å². The van der Waals surface area contributed by atoms with Crippen LogP contribution in [0.4, 0.5) is 0 Å². The summed E-state index contributed by atoms with van der Waals surface area (Å²) in [6.07, 6.45) is 0.183. The molecule has 2 aromatic rings. The number of sulfonamides is 1. The Labute approximate surface area is 164 Å². The van der Waals surface area contributed by atoms with Crippen LogP contribution in [-0.2, 0) is 32.6 Å². The average Bonchev–Trinajstić information content (AvgIpc) is 2.67. The fraction of sp³-hybridized carbons (Fsp3) is 0.263. The lowest BCUT2D eigenvalue weighted by Crippen LogP contribution is -2.58. The van der Waals surface area contributed by atoms with E-state index in [9.17, 15) is 18.0 Å². The van der Waals surface area contributed by atoms with Crippen LogP contribution in [0.15, 0.2) is 59.5 Å². The standard InChI is InChI=1S/C19H24N4O4S/c1-19(18(21)25,11-14-5-3-2-4-6-14)23-17(24)13-22-28(26,27)16-9-7-15(12-20)8-10-16/h2-10,22H,11-13,20H2,1H3,(H2,21,25)(H,23,24). The van der Waals surface area contributed by atoms with Crippen molar-refractivity contribution in [1.29, 1.82) is 0 Å². The van der Waals surface area contributed by atoms with Crippen LogP contribution < -0.4 is 21.5 Å². The molecule has 28 heavy (non-hydrogen) atoms. The van der Waals surface area contributed by atoms with Gasteiger partial charge in [0, 0.05) is 13.0 Å². The van der Waals surface area contributed by atoms with E-state index in [1.54, 1.807) is 24.3 Å². The highest BCUT2D eigenvalue weighted by atomic mass is 32.2. The lowest BCUT2D eigenvalue weighted by atomic mass is 9.92. The van der Waals surface area contributed by atoms with E-state index in [0.717, 1.165) is 11.1 Å². The second-order valence-electron chi connectivity index (χ2n) is 6.58. The maximum atomic E-state index is 12.3. The Kier molecular flexibility index (Phi) is 6.90. The summed E-state index contributed by atoms with van der Waals surface area (Å²) in [4.78, 5) is 24.2. The second-order valence-corrected chi connectivity index (χ2v) is 8.35. The molecule has 0 saturated carbocycles. The molecule has 0 radical (unpaired) electrons. The van der Waals surface area contributed by atoms with Gasteiger partial charge in [-0.25, -0.2) is 13.1 Å². The highest BCUT2D eigenvalue weighted by Gasteiger charge is 2.33. The minimum Gasteiger partial charge on any atom is -0.368 e. The zero-order valence-electron chi connectivity index (χ0n) is 15.5. The lowest BCUT2D eigenvalue weighted by molar-refractivity contribution is -0.130. The molecule has 0 aliphatic rings. The molecular formula is C19H24N4O4S. The molecule has 0 aromatic heterocycles. The number of amides is 2. The molecule has 0 saturated heterocycles. The van der Waals surface area contributed by atoms with Gasteiger partial charge in [-0.1, -0.05) is 42.5 Å². The number of primary amides is 1. The zero-order chi connectivity index (χ0) is 20.8. The third kappa shape index (κ3) is 5.62. The number of hydrogen-bond donors (Lipinski definition) is 4. The molecule has 0 fully saturated rings. The number of nitrogens with one attached hydrogen (secondary N) is 2. The second kappa shape index (κ2) is 8.96. The van der Waals surface area contributed by atoms with Crippen molar-refractivity contribution in [3.8, 4) is 0 Å². The number of carbonyl (C=O) groups is 2. The number of nitrogens with two attached hydrogens (primary N) is 2. The Morgan fingerprint density at radius 3 is 2.14 bits per heavy atom. The molecule has 6 N–H and O–H groups in total. The minimum absolute atomic E-state index is 0.0134. The Balaban J connectivity index is 2.03. The van der Waals surface area contributed by atoms with E-state index in [1.807, 2.05) is 18.2 Å². The molecule has 2 aromatic carbocycles. The number of benzene rings is 2. The van der Waals surface area contributed by atoms with Crippen molar-refractivity contribution in [2.24, 2.45) is 11.5 Å². The molecule has 1 unspecified atom stereocenters. The van der Waals surface area contributed by atoms with Gasteiger partial charge in [0.2, 0.25) is 21.8 Å². The van der Waals surface area contributed by atoms with E-state index >= 15 is 0 Å². The summed E-state index contributed by atoms with van der Waals surface area (Å²) in [5.41, 5.74) is 11.2. The molecule has 2 rings (SSSR count). The average molecular weight is 404 g/mol. The summed E-state index contributed by atoms with van der Waals surface area (Å²) in [6, 6.07) is 15.1. The smallest absolute Gasteiger partial charge is 0.243 e. The van der Waals surface area contributed by atoms with Crippen molar-refractivity contribution < 1.29 is 18.0 Å². The number of rotatable bonds is 9. The summed E-state index contributed by atoms with van der Waals surface area (Å²) >= 11 is 0. The van der Waals surface area contributed by atoms with Crippen LogP contribution in [0.1, 0.15) is 18.1 Å². The first-order chi connectivity index (χ1) is 13.2. The molecule has 2 amide bonds. The van der Waals surface area contributed by atoms with Crippen molar-refractivity contribution in [1.82, 2.24) is 10.0 Å². The topological polar surface area (TPSA) is 144 Å². The van der Waals surface area contributed by atoms with Crippen LogP contribution in [0.5, 0.6) is 0 Å². The monoisotopic (exact) mass is 404 g/mol. The van der Waals surface area contributed by atoms with Gasteiger partial charge in [0.1, 0.15) is 5.54 Å². The lowest BCUT2D eigenvalue weighted by Gasteiger charge is -2.27. The quantitative estimate of drug-likeness (QED) is 0.466. The fourth-order valence-electron chi connectivity index (χ4n) is 2.60. The Morgan fingerprint density at radius 2 is 1.61 bits per heavy atom. The van der Waals surface area contributed by atoms with Crippen molar-refractivity contribution in [3.63, 3.8) is 0 Å². The molecule has 150 valence electrons. The molecule has 9 heteroatoms. The van der Waals surface area contributed by atoms with E-state index in [-0.39, 0.29) is 11.3 Å². The van der Waals surface area contributed by atoms with Crippen molar-refractivity contribution in [3.05, 3.63) is 65.7 Å². The predicted molar refractivity (Wildman–Crippen MR) is 105 cm³/mol. The van der Waals surface area contributed by atoms with Gasteiger partial charge in [0.25, 0.3) is 0 Å². The number of hydrogen-bond acceptors (Lipinski definition) is 5. The van der Waals surface area contributed by atoms with E-state index in [2.05, 4.69) is 10.0 Å². The minimum atomic E-state index is -3.88. The van der Waals surface area contributed by atoms with Crippen LogP contribution in [-0.4, -0.2) is 32.3 Å². The van der Waals surface area contributed by atoms with E-state index in [1.165, 1.54) is 19.1 Å². The highest BCUT2D eigenvalue weighted by Crippen LogP contribution is 2.13. The Morgan fingerprint density at radius 1 is 1.00 bits per heavy atom. The summed E-state index contributed by atoms with van der Waals surface area (Å²) < 4.78 is 26.8. The third-order valence-corrected chi connectivity index (χ3v) is 5.67. The Bertz CT molecular complexity index is 930. The van der Waals surface area contributed by atoms with E-state index < -0.39 is 33.9 Å². The van der Waals surface area contributed by atoms with Gasteiger partial charge < -0.3 is 16.8 Å². The summed E-state index contributed by atoms with van der Waals surface area (Å²) in [5, 5.41) is 2.53. The normalized spacial score (nSPS) is 13.5. The number of carbonyl (C=O) groups excluding carboxylic acids is 2. The SMILES string of the molecule is CC(Cc1ccccc1)(NC(=O)CNS(=O)(=O)c1ccc(CN)cc1)C(N)=O. The summed E-state index contributed by atoms with van der Waals surface area (Å²) in [5.74, 6) is -1.38. The molecular weight excluding hydrogens is 380 g/mol. The van der Waals surface area contributed by atoms with Gasteiger partial charge in [-0.3, -0.25) is 9.59 Å². The largest absolute Gasteiger partial charge is 0.368 e. The molecule has 0 heterocycles. The molecule has 0 aliphatic carbocycles. The first kappa shape index (κ1) is 21.5. The van der Waals surface area contributed by atoms with E-state index in [0.29, 0.717) is 6.54 Å². The van der Waals surface area contributed by atoms with Crippen LogP contribution in [0.25, 0.3) is 0 Å². The predicted octanol–water partition coefficient (Wildman–Crippen LogP) is 0.0265. The maximum Gasteiger partial charge on any atom is 0.243 e. The van der Waals surface area contributed by atoms with Gasteiger partial charge in [-0.05, 0) is 30.2 Å². The first-order valence-electron chi connectivity index (χ1n) is 8.60. The van der Waals surface area contributed by atoms with Crippen molar-refractivity contribution in [2.45, 2.75) is 30.3 Å². The van der Waals surface area contributed by atoms with Crippen LogP contribution in [0.3, 0.4) is 0 Å². The molecule has 0 bridgehead atoms. The Hall–Kier alpha value is -2.75. The fourth-order valence-corrected chi connectivity index (χ4v) is 3.58. The van der Waals surface area contributed by atoms with Crippen molar-refractivity contribution >= 4 is 21.8 Å². The highest BCUT2D eigenvalue weighted by molar-refractivity contribution is 7.89. The molecule has 0 spiro atoms. The van der Waals surface area contributed by atoms with E-state index in [4.69, 9.17) is 11.5 Å². The zero-order valence-corrected chi connectivity index (χ0v) is 16.3. The van der Waals surface area contributed by atoms with Crippen LogP contribution in [0, 0.1) is 0 Å². The van der Waals surface area contributed by atoms with Crippen LogP contribution in [0.2, 0.25) is 0 Å². The summed E-state index contributed by atoms with van der Waals surface area (Å²) in [6.45, 7) is 1.27. The van der Waals surface area contributed by atoms with Gasteiger partial charge >= 0.3 is 0 Å². The molecule has 8 nitrogen and oxygen atoms in total. The summed E-state index contributed by atoms with van der Waals surface area (Å²) in [7, 11) is -3.88. The van der Waals surface area contributed by atoms with Crippen LogP contribution >= 0.6 is 0 Å². The van der Waals surface area contributed by atoms with Gasteiger partial charge in [0.15, 0.2) is 0 Å². The third-order valence-electron chi connectivity index (χ3n) is 4.25. The molecule has 1 atom stereocenters.